The first kappa shape index (κ1) is 26.5. The van der Waals surface area contributed by atoms with E-state index in [1.165, 1.54) is 25.7 Å². The van der Waals surface area contributed by atoms with Crippen LogP contribution in [0.1, 0.15) is 71.6 Å². The van der Waals surface area contributed by atoms with E-state index in [4.69, 9.17) is 19.7 Å². The highest BCUT2D eigenvalue weighted by atomic mass is 31.2. The minimum absolute atomic E-state index is 0.0940. The zero-order valence-electron chi connectivity index (χ0n) is 16.9. The zero-order valence-corrected chi connectivity index (χ0v) is 17.8. The summed E-state index contributed by atoms with van der Waals surface area (Å²) >= 11 is 0. The molecule has 0 radical (unpaired) electrons. The van der Waals surface area contributed by atoms with E-state index in [1.54, 1.807) is 0 Å². The molecule has 0 saturated carbocycles. The van der Waals surface area contributed by atoms with E-state index >= 15 is 0 Å². The van der Waals surface area contributed by atoms with Crippen molar-refractivity contribution in [2.24, 2.45) is 5.73 Å². The summed E-state index contributed by atoms with van der Waals surface area (Å²) < 4.78 is 32.2. The van der Waals surface area contributed by atoms with E-state index < -0.39 is 13.9 Å². The van der Waals surface area contributed by atoms with Crippen LogP contribution in [-0.2, 0) is 27.9 Å². The molecule has 3 N–H and O–H groups in total. The zero-order chi connectivity index (χ0) is 20.4. The Morgan fingerprint density at radius 3 is 2.30 bits per heavy atom. The molecular weight excluding hydrogens is 373 g/mol. The molecule has 0 aliphatic heterocycles. The van der Waals surface area contributed by atoms with E-state index in [-0.39, 0.29) is 32.3 Å². The predicted octanol–water partition coefficient (Wildman–Crippen LogP) is 3.56. The van der Waals surface area contributed by atoms with Crippen LogP contribution >= 0.6 is 7.82 Å². The number of phosphoric ester groups is 1. The molecule has 8 nitrogen and oxygen atoms in total. The number of ether oxygens (including phenoxy) is 2. The minimum atomic E-state index is -4.21. The van der Waals surface area contributed by atoms with Crippen LogP contribution in [0.2, 0.25) is 0 Å². The summed E-state index contributed by atoms with van der Waals surface area (Å²) in [4.78, 5) is 21.4. The number of rotatable bonds is 19. The fourth-order valence-corrected chi connectivity index (χ4v) is 3.03. The van der Waals surface area contributed by atoms with Crippen molar-refractivity contribution >= 4 is 13.8 Å². The van der Waals surface area contributed by atoms with Gasteiger partial charge in [-0.2, -0.15) is 0 Å². The molecule has 27 heavy (non-hydrogen) atoms. The summed E-state index contributed by atoms with van der Waals surface area (Å²) in [7, 11) is -4.21. The molecule has 9 heteroatoms. The second-order valence-corrected chi connectivity index (χ2v) is 7.90. The van der Waals surface area contributed by atoms with Crippen molar-refractivity contribution in [3.05, 3.63) is 0 Å². The Kier molecular flexibility index (Phi) is 17.3. The maximum atomic E-state index is 11.8. The topological polar surface area (TPSA) is 117 Å². The third-order valence-electron chi connectivity index (χ3n) is 3.77. The molecule has 0 aliphatic rings. The second-order valence-electron chi connectivity index (χ2n) is 6.44. The number of phosphoric acid groups is 1. The highest BCUT2D eigenvalue weighted by Gasteiger charge is 2.25. The Labute approximate surface area is 163 Å². The van der Waals surface area contributed by atoms with Gasteiger partial charge in [-0.05, 0) is 12.8 Å². The molecule has 0 aromatic rings. The number of esters is 1. The molecule has 0 aromatic carbocycles. The Hall–Kier alpha value is -0.500. The number of hydrogen-bond acceptors (Lipinski definition) is 7. The van der Waals surface area contributed by atoms with Gasteiger partial charge in [0.2, 0.25) is 0 Å². The summed E-state index contributed by atoms with van der Waals surface area (Å²) in [5, 5.41) is 0. The van der Waals surface area contributed by atoms with E-state index in [0.29, 0.717) is 13.0 Å². The first-order chi connectivity index (χ1) is 12.9. The molecule has 0 spiro atoms. The van der Waals surface area contributed by atoms with E-state index in [9.17, 15) is 14.3 Å². The van der Waals surface area contributed by atoms with Gasteiger partial charge in [0.25, 0.3) is 0 Å². The van der Waals surface area contributed by atoms with Crippen LogP contribution in [0.4, 0.5) is 0 Å². The van der Waals surface area contributed by atoms with E-state index in [1.807, 2.05) is 6.92 Å². The Balaban J connectivity index is 4.23. The molecule has 162 valence electrons. The molecular formula is C18H38NO7P. The van der Waals surface area contributed by atoms with Crippen molar-refractivity contribution in [2.75, 3.05) is 33.0 Å². The SMILES string of the molecule is CCCCCCCCOCC(COP(=O)(O)OCCN)OC(=O)CCCC. The lowest BCUT2D eigenvalue weighted by molar-refractivity contribution is -0.154. The Morgan fingerprint density at radius 2 is 1.63 bits per heavy atom. The van der Waals surface area contributed by atoms with Crippen LogP contribution in [0.25, 0.3) is 0 Å². The van der Waals surface area contributed by atoms with Gasteiger partial charge in [-0.25, -0.2) is 4.57 Å². The molecule has 0 aromatic heterocycles. The van der Waals surface area contributed by atoms with Gasteiger partial charge >= 0.3 is 13.8 Å². The number of carbonyl (C=O) groups is 1. The van der Waals surface area contributed by atoms with Crippen molar-refractivity contribution in [3.63, 3.8) is 0 Å². The maximum Gasteiger partial charge on any atom is 0.472 e. The highest BCUT2D eigenvalue weighted by Crippen LogP contribution is 2.43. The molecule has 2 unspecified atom stereocenters. The summed E-state index contributed by atoms with van der Waals surface area (Å²) in [5.41, 5.74) is 5.23. The summed E-state index contributed by atoms with van der Waals surface area (Å²) in [6.07, 6.45) is 8.05. The Bertz CT molecular complexity index is 409. The van der Waals surface area contributed by atoms with E-state index in [0.717, 1.165) is 25.7 Å². The van der Waals surface area contributed by atoms with Crippen LogP contribution in [0.5, 0.6) is 0 Å². The average Bonchev–Trinajstić information content (AvgIpc) is 2.64. The molecule has 0 fully saturated rings. The maximum absolute atomic E-state index is 11.8. The molecule has 0 bridgehead atoms. The van der Waals surface area contributed by atoms with Crippen LogP contribution in [0, 0.1) is 0 Å². The molecule has 0 rings (SSSR count). The van der Waals surface area contributed by atoms with Gasteiger partial charge in [0.05, 0.1) is 19.8 Å². The second kappa shape index (κ2) is 17.6. The van der Waals surface area contributed by atoms with Gasteiger partial charge in [-0.15, -0.1) is 0 Å². The standard InChI is InChI=1S/C18H38NO7P/c1-3-5-7-8-9-10-13-23-15-17(26-18(20)11-6-4-2)16-25-27(21,22)24-14-12-19/h17H,3-16,19H2,1-2H3,(H,21,22). The van der Waals surface area contributed by atoms with E-state index in [2.05, 4.69) is 11.4 Å². The van der Waals surface area contributed by atoms with Gasteiger partial charge in [-0.1, -0.05) is 52.4 Å². The normalized spacial score (nSPS) is 14.7. The fraction of sp³-hybridized carbons (Fsp3) is 0.944. The van der Waals surface area contributed by atoms with Crippen LogP contribution in [0.15, 0.2) is 0 Å². The minimum Gasteiger partial charge on any atom is -0.457 e. The van der Waals surface area contributed by atoms with Crippen LogP contribution < -0.4 is 5.73 Å². The van der Waals surface area contributed by atoms with Gasteiger partial charge in [0.15, 0.2) is 0 Å². The third-order valence-corrected chi connectivity index (χ3v) is 4.76. The summed E-state index contributed by atoms with van der Waals surface area (Å²) in [6, 6.07) is 0. The lowest BCUT2D eigenvalue weighted by Crippen LogP contribution is -2.28. The summed E-state index contributed by atoms with van der Waals surface area (Å²) in [6.45, 7) is 4.56. The molecule has 0 heterocycles. The Morgan fingerprint density at radius 1 is 0.963 bits per heavy atom. The monoisotopic (exact) mass is 411 g/mol. The average molecular weight is 411 g/mol. The van der Waals surface area contributed by atoms with Gasteiger partial charge < -0.3 is 20.1 Å². The molecule has 2 atom stereocenters. The van der Waals surface area contributed by atoms with Crippen molar-refractivity contribution in [3.8, 4) is 0 Å². The van der Waals surface area contributed by atoms with Crippen molar-refractivity contribution < 1.29 is 32.8 Å². The smallest absolute Gasteiger partial charge is 0.457 e. The first-order valence-electron chi connectivity index (χ1n) is 10.0. The largest absolute Gasteiger partial charge is 0.472 e. The number of nitrogens with two attached hydrogens (primary N) is 1. The van der Waals surface area contributed by atoms with Crippen molar-refractivity contribution in [2.45, 2.75) is 77.7 Å². The summed E-state index contributed by atoms with van der Waals surface area (Å²) in [5.74, 6) is -0.371. The van der Waals surface area contributed by atoms with Gasteiger partial charge in [0.1, 0.15) is 6.10 Å². The lowest BCUT2D eigenvalue weighted by atomic mass is 10.1. The number of unbranched alkanes of at least 4 members (excludes halogenated alkanes) is 6. The molecule has 0 aliphatic carbocycles. The number of hydrogen-bond donors (Lipinski definition) is 2. The lowest BCUT2D eigenvalue weighted by Gasteiger charge is -2.20. The third kappa shape index (κ3) is 17.3. The quantitative estimate of drug-likeness (QED) is 0.188. The van der Waals surface area contributed by atoms with Crippen LogP contribution in [0.3, 0.4) is 0 Å². The van der Waals surface area contributed by atoms with Crippen molar-refractivity contribution in [1.82, 2.24) is 0 Å². The number of carbonyl (C=O) groups excluding carboxylic acids is 1. The first-order valence-corrected chi connectivity index (χ1v) is 11.5. The van der Waals surface area contributed by atoms with Gasteiger partial charge in [-0.3, -0.25) is 13.8 Å². The van der Waals surface area contributed by atoms with Crippen molar-refractivity contribution in [1.29, 1.82) is 0 Å². The fourth-order valence-electron chi connectivity index (χ4n) is 2.26. The molecule has 0 amide bonds. The highest BCUT2D eigenvalue weighted by molar-refractivity contribution is 7.47. The van der Waals surface area contributed by atoms with Crippen LogP contribution in [-0.4, -0.2) is 49.9 Å². The van der Waals surface area contributed by atoms with Gasteiger partial charge in [0, 0.05) is 19.6 Å². The predicted molar refractivity (Wildman–Crippen MR) is 104 cm³/mol. The molecule has 0 saturated heterocycles.